The fraction of sp³-hybridized carbons (Fsp3) is 0.250. The van der Waals surface area contributed by atoms with Gasteiger partial charge < -0.3 is 4.90 Å². The van der Waals surface area contributed by atoms with Gasteiger partial charge in [0.25, 0.3) is 0 Å². The van der Waals surface area contributed by atoms with Gasteiger partial charge in [-0.2, -0.15) is 0 Å². The van der Waals surface area contributed by atoms with E-state index in [1.807, 2.05) is 53.4 Å². The molecule has 23 heavy (non-hydrogen) atoms. The van der Waals surface area contributed by atoms with Crippen molar-refractivity contribution in [1.29, 1.82) is 0 Å². The normalized spacial score (nSPS) is 16.2. The molecule has 2 aromatic rings. The lowest BCUT2D eigenvalue weighted by atomic mass is 10.0. The molecule has 0 radical (unpaired) electrons. The van der Waals surface area contributed by atoms with Gasteiger partial charge >= 0.3 is 0 Å². The molecule has 1 unspecified atom stereocenters. The van der Waals surface area contributed by atoms with Crippen molar-refractivity contribution in [1.82, 2.24) is 4.90 Å². The molecule has 0 aromatic heterocycles. The summed E-state index contributed by atoms with van der Waals surface area (Å²) in [6, 6.07) is 20.2. The maximum atomic E-state index is 13.1. The molecule has 3 heteroatoms. The zero-order valence-corrected chi connectivity index (χ0v) is 14.0. The lowest BCUT2D eigenvalue weighted by Crippen LogP contribution is -2.38. The molecule has 0 N–H and O–H groups in total. The van der Waals surface area contributed by atoms with Crippen LogP contribution in [-0.2, 0) is 4.79 Å². The molecule has 2 nitrogen and oxygen atoms in total. The van der Waals surface area contributed by atoms with E-state index in [1.54, 1.807) is 11.8 Å². The predicted molar refractivity (Wildman–Crippen MR) is 96.4 cm³/mol. The molecule has 0 spiro atoms. The monoisotopic (exact) mass is 323 g/mol. The van der Waals surface area contributed by atoms with Gasteiger partial charge in [0.05, 0.1) is 0 Å². The molecule has 3 rings (SSSR count). The fourth-order valence-electron chi connectivity index (χ4n) is 2.73. The molecule has 1 fully saturated rings. The minimum absolute atomic E-state index is 0.190. The maximum Gasteiger partial charge on any atom is 0.240 e. The standard InChI is InChI=1S/C20H21NOS/c1-16-12-14-21(15-13-16)20(22)19(17-8-4-2-5-9-17)23-18-10-6-3-7-11-18/h2-11,19H,1,12-15H2. The number of carbonyl (C=O) groups is 1. The largest absolute Gasteiger partial charge is 0.341 e. The molecule has 1 atom stereocenters. The number of carbonyl (C=O) groups excluding carboxylic acids is 1. The van der Waals surface area contributed by atoms with Crippen molar-refractivity contribution in [3.05, 3.63) is 78.4 Å². The highest BCUT2D eigenvalue weighted by molar-refractivity contribution is 8.00. The highest BCUT2D eigenvalue weighted by Gasteiger charge is 2.28. The summed E-state index contributed by atoms with van der Waals surface area (Å²) in [5.74, 6) is 0.206. The summed E-state index contributed by atoms with van der Waals surface area (Å²) in [7, 11) is 0. The van der Waals surface area contributed by atoms with Gasteiger partial charge in [-0.15, -0.1) is 11.8 Å². The Morgan fingerprint density at radius 3 is 2.13 bits per heavy atom. The molecule has 1 aliphatic heterocycles. The second-order valence-electron chi connectivity index (χ2n) is 5.80. The van der Waals surface area contributed by atoms with Gasteiger partial charge in [0.15, 0.2) is 0 Å². The first-order chi connectivity index (χ1) is 11.2. The van der Waals surface area contributed by atoms with Gasteiger partial charge in [-0.05, 0) is 30.5 Å². The number of nitrogens with zero attached hydrogens (tertiary/aromatic N) is 1. The molecular weight excluding hydrogens is 302 g/mol. The lowest BCUT2D eigenvalue weighted by molar-refractivity contribution is -0.131. The van der Waals surface area contributed by atoms with E-state index in [1.165, 1.54) is 5.57 Å². The molecule has 1 saturated heterocycles. The van der Waals surface area contributed by atoms with E-state index >= 15 is 0 Å². The summed E-state index contributed by atoms with van der Waals surface area (Å²) in [5, 5.41) is -0.190. The van der Waals surface area contributed by atoms with Crippen LogP contribution in [0.4, 0.5) is 0 Å². The van der Waals surface area contributed by atoms with Gasteiger partial charge in [0.1, 0.15) is 5.25 Å². The van der Waals surface area contributed by atoms with Crippen LogP contribution < -0.4 is 0 Å². The van der Waals surface area contributed by atoms with Gasteiger partial charge in [0, 0.05) is 18.0 Å². The molecule has 1 aliphatic rings. The first-order valence-corrected chi connectivity index (χ1v) is 8.84. The van der Waals surface area contributed by atoms with Crippen molar-refractivity contribution < 1.29 is 4.79 Å². The summed E-state index contributed by atoms with van der Waals surface area (Å²) in [6.07, 6.45) is 1.84. The fourth-order valence-corrected chi connectivity index (χ4v) is 3.86. The van der Waals surface area contributed by atoms with Gasteiger partial charge in [0.2, 0.25) is 5.91 Å². The minimum Gasteiger partial charge on any atom is -0.341 e. The van der Waals surface area contributed by atoms with E-state index in [0.717, 1.165) is 36.4 Å². The Kier molecular flexibility index (Phi) is 5.19. The number of benzene rings is 2. The molecule has 0 bridgehead atoms. The summed E-state index contributed by atoms with van der Waals surface area (Å²) in [6.45, 7) is 5.61. The Bertz CT molecular complexity index is 659. The number of piperidine rings is 1. The number of rotatable bonds is 4. The van der Waals surface area contributed by atoms with E-state index in [-0.39, 0.29) is 11.2 Å². The summed E-state index contributed by atoms with van der Waals surface area (Å²) < 4.78 is 0. The van der Waals surface area contributed by atoms with Crippen molar-refractivity contribution >= 4 is 17.7 Å². The van der Waals surface area contributed by atoms with Crippen LogP contribution >= 0.6 is 11.8 Å². The quantitative estimate of drug-likeness (QED) is 0.600. The van der Waals surface area contributed by atoms with Crippen molar-refractivity contribution in [2.45, 2.75) is 23.0 Å². The highest BCUT2D eigenvalue weighted by atomic mass is 32.2. The molecule has 0 aliphatic carbocycles. The van der Waals surface area contributed by atoms with Gasteiger partial charge in [-0.1, -0.05) is 60.7 Å². The number of amides is 1. The summed E-state index contributed by atoms with van der Waals surface area (Å²) in [5.41, 5.74) is 2.32. The second kappa shape index (κ2) is 7.51. The number of hydrogen-bond acceptors (Lipinski definition) is 2. The van der Waals surface area contributed by atoms with E-state index in [2.05, 4.69) is 18.7 Å². The molecule has 2 aromatic carbocycles. The van der Waals surface area contributed by atoms with E-state index < -0.39 is 0 Å². The second-order valence-corrected chi connectivity index (χ2v) is 6.98. The molecule has 0 saturated carbocycles. The van der Waals surface area contributed by atoms with Crippen LogP contribution in [0.2, 0.25) is 0 Å². The number of thioether (sulfide) groups is 1. The Morgan fingerprint density at radius 1 is 0.957 bits per heavy atom. The van der Waals surface area contributed by atoms with Crippen LogP contribution in [0.3, 0.4) is 0 Å². The summed E-state index contributed by atoms with van der Waals surface area (Å²) in [4.78, 5) is 16.2. The van der Waals surface area contributed by atoms with Gasteiger partial charge in [-0.25, -0.2) is 0 Å². The van der Waals surface area contributed by atoms with Crippen LogP contribution in [0.5, 0.6) is 0 Å². The van der Waals surface area contributed by atoms with Crippen LogP contribution in [0.25, 0.3) is 0 Å². The zero-order valence-electron chi connectivity index (χ0n) is 13.2. The van der Waals surface area contributed by atoms with Crippen LogP contribution in [0, 0.1) is 0 Å². The first-order valence-electron chi connectivity index (χ1n) is 7.96. The maximum absolute atomic E-state index is 13.1. The third-order valence-electron chi connectivity index (χ3n) is 4.11. The van der Waals surface area contributed by atoms with Crippen LogP contribution in [0.15, 0.2) is 77.7 Å². The lowest BCUT2D eigenvalue weighted by Gasteiger charge is -2.31. The summed E-state index contributed by atoms with van der Waals surface area (Å²) >= 11 is 1.63. The van der Waals surface area contributed by atoms with E-state index in [4.69, 9.17) is 0 Å². The number of hydrogen-bond donors (Lipinski definition) is 0. The Labute approximate surface area is 142 Å². The topological polar surface area (TPSA) is 20.3 Å². The molecule has 118 valence electrons. The van der Waals surface area contributed by atoms with Crippen molar-refractivity contribution in [2.24, 2.45) is 0 Å². The SMILES string of the molecule is C=C1CCN(C(=O)C(Sc2ccccc2)c2ccccc2)CC1. The van der Waals surface area contributed by atoms with E-state index in [9.17, 15) is 4.79 Å². The van der Waals surface area contributed by atoms with Crippen molar-refractivity contribution in [2.75, 3.05) is 13.1 Å². The first kappa shape index (κ1) is 15.9. The Balaban J connectivity index is 1.83. The van der Waals surface area contributed by atoms with Crippen LogP contribution in [-0.4, -0.2) is 23.9 Å². The number of likely N-dealkylation sites (tertiary alicyclic amines) is 1. The molecule has 1 heterocycles. The Morgan fingerprint density at radius 2 is 1.52 bits per heavy atom. The highest BCUT2D eigenvalue weighted by Crippen LogP contribution is 2.37. The third kappa shape index (κ3) is 4.05. The third-order valence-corrected chi connectivity index (χ3v) is 5.36. The average Bonchev–Trinajstić information content (AvgIpc) is 2.61. The molecule has 1 amide bonds. The van der Waals surface area contributed by atoms with Crippen molar-refractivity contribution in [3.8, 4) is 0 Å². The van der Waals surface area contributed by atoms with Crippen molar-refractivity contribution in [3.63, 3.8) is 0 Å². The van der Waals surface area contributed by atoms with Crippen LogP contribution in [0.1, 0.15) is 23.7 Å². The average molecular weight is 323 g/mol. The van der Waals surface area contributed by atoms with Gasteiger partial charge in [-0.3, -0.25) is 4.79 Å². The minimum atomic E-state index is -0.190. The Hall–Kier alpha value is -2.00. The molecular formula is C20H21NOS. The van der Waals surface area contributed by atoms with E-state index in [0.29, 0.717) is 0 Å². The zero-order chi connectivity index (χ0) is 16.1. The predicted octanol–water partition coefficient (Wildman–Crippen LogP) is 4.70. The smallest absolute Gasteiger partial charge is 0.240 e.